The van der Waals surface area contributed by atoms with Crippen LogP contribution in [0.2, 0.25) is 0 Å². The predicted octanol–water partition coefficient (Wildman–Crippen LogP) is 3.63. The lowest BCUT2D eigenvalue weighted by Gasteiger charge is -2.18. The van der Waals surface area contributed by atoms with Crippen LogP contribution in [0.1, 0.15) is 42.3 Å². The van der Waals surface area contributed by atoms with Gasteiger partial charge in [-0.15, -0.1) is 0 Å². The molecular formula is C24H22N4O2. The minimum absolute atomic E-state index is 0.205. The van der Waals surface area contributed by atoms with Gasteiger partial charge in [0.2, 0.25) is 11.8 Å². The Labute approximate surface area is 175 Å². The number of rotatable bonds is 3. The average molecular weight is 398 g/mol. The Balaban J connectivity index is 1.90. The number of aromatic nitrogens is 2. The normalized spacial score (nSPS) is 10.6. The van der Waals surface area contributed by atoms with Crippen molar-refractivity contribution in [3.8, 4) is 23.1 Å². The maximum atomic E-state index is 12.3. The van der Waals surface area contributed by atoms with Crippen molar-refractivity contribution in [1.29, 1.82) is 0 Å². The third kappa shape index (κ3) is 5.30. The van der Waals surface area contributed by atoms with Gasteiger partial charge in [0.25, 0.3) is 0 Å². The topological polar surface area (TPSA) is 98.0 Å². The third-order valence-electron chi connectivity index (χ3n) is 4.23. The molecule has 0 fully saturated rings. The number of benzene rings is 1. The molecule has 6 heteroatoms. The number of nitrogens with one attached hydrogen (secondary N) is 1. The Hall–Kier alpha value is -3.98. The summed E-state index contributed by atoms with van der Waals surface area (Å²) in [6.07, 6.45) is 3.40. The molecule has 2 heterocycles. The first kappa shape index (κ1) is 20.7. The van der Waals surface area contributed by atoms with Gasteiger partial charge in [-0.05, 0) is 36.4 Å². The highest BCUT2D eigenvalue weighted by Gasteiger charge is 2.22. The van der Waals surface area contributed by atoms with Crippen molar-refractivity contribution >= 4 is 17.6 Å². The van der Waals surface area contributed by atoms with Gasteiger partial charge in [0, 0.05) is 40.1 Å². The summed E-state index contributed by atoms with van der Waals surface area (Å²) in [6, 6.07) is 14.2. The fourth-order valence-corrected chi connectivity index (χ4v) is 2.49. The summed E-state index contributed by atoms with van der Waals surface area (Å²) in [6.45, 7) is 5.39. The minimum Gasteiger partial charge on any atom is -0.366 e. The van der Waals surface area contributed by atoms with Crippen LogP contribution in [0, 0.1) is 17.3 Å². The summed E-state index contributed by atoms with van der Waals surface area (Å²) in [7, 11) is 0. The van der Waals surface area contributed by atoms with Gasteiger partial charge >= 0.3 is 0 Å². The lowest BCUT2D eigenvalue weighted by atomic mass is 9.96. The van der Waals surface area contributed by atoms with Crippen molar-refractivity contribution in [2.75, 3.05) is 5.32 Å². The first-order chi connectivity index (χ1) is 14.2. The summed E-state index contributed by atoms with van der Waals surface area (Å²) in [4.78, 5) is 32.6. The van der Waals surface area contributed by atoms with Crippen LogP contribution >= 0.6 is 0 Å². The molecular weight excluding hydrogens is 376 g/mol. The molecule has 3 aromatic rings. The average Bonchev–Trinajstić information content (AvgIpc) is 2.72. The monoisotopic (exact) mass is 398 g/mol. The van der Waals surface area contributed by atoms with Crippen molar-refractivity contribution in [2.45, 2.75) is 20.8 Å². The Morgan fingerprint density at radius 3 is 2.30 bits per heavy atom. The van der Waals surface area contributed by atoms with Crippen molar-refractivity contribution in [3.63, 3.8) is 0 Å². The van der Waals surface area contributed by atoms with Crippen molar-refractivity contribution in [2.24, 2.45) is 11.1 Å². The smallest absolute Gasteiger partial charge is 0.248 e. The molecule has 150 valence electrons. The second kappa shape index (κ2) is 8.58. The van der Waals surface area contributed by atoms with E-state index >= 15 is 0 Å². The quantitative estimate of drug-likeness (QED) is 0.658. The lowest BCUT2D eigenvalue weighted by Crippen LogP contribution is -2.28. The van der Waals surface area contributed by atoms with Gasteiger partial charge in [0.05, 0.1) is 5.69 Å². The molecule has 0 spiro atoms. The van der Waals surface area contributed by atoms with Crippen molar-refractivity contribution in [1.82, 2.24) is 9.97 Å². The predicted molar refractivity (Wildman–Crippen MR) is 116 cm³/mol. The zero-order valence-electron chi connectivity index (χ0n) is 17.1. The van der Waals surface area contributed by atoms with Gasteiger partial charge in [-0.1, -0.05) is 44.7 Å². The van der Waals surface area contributed by atoms with Crippen LogP contribution in [-0.2, 0) is 4.79 Å². The Morgan fingerprint density at radius 2 is 1.70 bits per heavy atom. The molecule has 2 aromatic heterocycles. The Bertz CT molecular complexity index is 1140. The SMILES string of the molecule is CC(C)(C)C(=O)Nc1cc(C(N)=O)cc(-c2ccc(C#Cc3cccnc3)cc2)n1. The first-order valence-corrected chi connectivity index (χ1v) is 9.38. The van der Waals surface area contributed by atoms with E-state index in [4.69, 9.17) is 5.73 Å². The highest BCUT2D eigenvalue weighted by Crippen LogP contribution is 2.23. The fourth-order valence-electron chi connectivity index (χ4n) is 2.49. The molecule has 0 unspecified atom stereocenters. The number of anilines is 1. The number of hydrogen-bond acceptors (Lipinski definition) is 4. The molecule has 2 amide bonds. The molecule has 3 rings (SSSR count). The van der Waals surface area contributed by atoms with Gasteiger partial charge in [-0.2, -0.15) is 0 Å². The minimum atomic E-state index is -0.598. The summed E-state index contributed by atoms with van der Waals surface area (Å²) in [5.74, 6) is 5.61. The van der Waals surface area contributed by atoms with E-state index in [9.17, 15) is 9.59 Å². The molecule has 30 heavy (non-hydrogen) atoms. The highest BCUT2D eigenvalue weighted by molar-refractivity contribution is 5.98. The Morgan fingerprint density at radius 1 is 1.00 bits per heavy atom. The summed E-state index contributed by atoms with van der Waals surface area (Å²) < 4.78 is 0. The van der Waals surface area contributed by atoms with E-state index in [0.717, 1.165) is 16.7 Å². The molecule has 0 atom stereocenters. The van der Waals surface area contributed by atoms with Gasteiger partial charge in [-0.3, -0.25) is 14.6 Å². The number of primary amides is 1. The first-order valence-electron chi connectivity index (χ1n) is 9.38. The van der Waals surface area contributed by atoms with E-state index in [-0.39, 0.29) is 17.3 Å². The molecule has 0 bridgehead atoms. The van der Waals surface area contributed by atoms with Crippen LogP contribution in [-0.4, -0.2) is 21.8 Å². The molecule has 0 saturated carbocycles. The van der Waals surface area contributed by atoms with Crippen LogP contribution < -0.4 is 11.1 Å². The molecule has 0 aliphatic heterocycles. The second-order valence-corrected chi connectivity index (χ2v) is 7.76. The van der Waals surface area contributed by atoms with Crippen molar-refractivity contribution in [3.05, 3.63) is 77.6 Å². The van der Waals surface area contributed by atoms with E-state index in [1.807, 2.05) is 36.4 Å². The van der Waals surface area contributed by atoms with Gasteiger partial charge in [0.1, 0.15) is 5.82 Å². The molecule has 1 aromatic carbocycles. The van der Waals surface area contributed by atoms with E-state index in [1.165, 1.54) is 6.07 Å². The number of pyridine rings is 2. The number of hydrogen-bond donors (Lipinski definition) is 2. The van der Waals surface area contributed by atoms with Crippen LogP contribution in [0.25, 0.3) is 11.3 Å². The van der Waals surface area contributed by atoms with Crippen LogP contribution in [0.15, 0.2) is 60.9 Å². The highest BCUT2D eigenvalue weighted by atomic mass is 16.2. The molecule has 0 aliphatic rings. The van der Waals surface area contributed by atoms with Gasteiger partial charge in [0.15, 0.2) is 0 Å². The molecule has 3 N–H and O–H groups in total. The Kier molecular flexibility index (Phi) is 5.93. The standard InChI is InChI=1S/C24H22N4O2/c1-24(2,3)23(30)28-21-14-19(22(25)29)13-20(27-21)18-10-8-16(9-11-18)6-7-17-5-4-12-26-15-17/h4-5,8-15H,1-3H3,(H2,25,29)(H,27,28,30). The van der Waals surface area contributed by atoms with E-state index in [0.29, 0.717) is 5.69 Å². The number of carbonyl (C=O) groups excluding carboxylic acids is 2. The summed E-state index contributed by atoms with van der Waals surface area (Å²) in [5, 5.41) is 2.75. The maximum Gasteiger partial charge on any atom is 0.248 e. The zero-order valence-corrected chi connectivity index (χ0v) is 17.1. The largest absolute Gasteiger partial charge is 0.366 e. The van der Waals surface area contributed by atoms with Crippen molar-refractivity contribution < 1.29 is 9.59 Å². The maximum absolute atomic E-state index is 12.3. The summed E-state index contributed by atoms with van der Waals surface area (Å²) >= 11 is 0. The van der Waals surface area contributed by atoms with Gasteiger partial charge in [-0.25, -0.2) is 4.98 Å². The number of nitrogens with zero attached hydrogens (tertiary/aromatic N) is 2. The summed E-state index contributed by atoms with van der Waals surface area (Å²) in [5.41, 5.74) is 8.10. The van der Waals surface area contributed by atoms with E-state index in [1.54, 1.807) is 39.2 Å². The number of carbonyl (C=O) groups is 2. The van der Waals surface area contributed by atoms with Crippen LogP contribution in [0.3, 0.4) is 0 Å². The number of nitrogens with two attached hydrogens (primary N) is 1. The lowest BCUT2D eigenvalue weighted by molar-refractivity contribution is -0.123. The second-order valence-electron chi connectivity index (χ2n) is 7.76. The molecule has 6 nitrogen and oxygen atoms in total. The van der Waals surface area contributed by atoms with E-state index in [2.05, 4.69) is 27.1 Å². The number of amides is 2. The molecule has 0 radical (unpaired) electrons. The van der Waals surface area contributed by atoms with E-state index < -0.39 is 11.3 Å². The molecule has 0 saturated heterocycles. The fraction of sp³-hybridized carbons (Fsp3) is 0.167. The molecule has 0 aliphatic carbocycles. The zero-order chi connectivity index (χ0) is 21.7. The third-order valence-corrected chi connectivity index (χ3v) is 4.23. The van der Waals surface area contributed by atoms with Crippen LogP contribution in [0.5, 0.6) is 0 Å². The van der Waals surface area contributed by atoms with Gasteiger partial charge < -0.3 is 11.1 Å². The van der Waals surface area contributed by atoms with Crippen LogP contribution in [0.4, 0.5) is 5.82 Å².